The van der Waals surface area contributed by atoms with Gasteiger partial charge in [-0.3, -0.25) is 0 Å². The molecule has 116 valence electrons. The van der Waals surface area contributed by atoms with Crippen molar-refractivity contribution >= 4 is 0 Å². The van der Waals surface area contributed by atoms with Crippen LogP contribution in [0.5, 0.6) is 0 Å². The molecule has 0 aliphatic rings. The van der Waals surface area contributed by atoms with E-state index in [4.69, 9.17) is 0 Å². The van der Waals surface area contributed by atoms with E-state index in [2.05, 4.69) is 58.9 Å². The minimum atomic E-state index is 0.303. The van der Waals surface area contributed by atoms with E-state index in [1.807, 2.05) is 0 Å². The van der Waals surface area contributed by atoms with Crippen molar-refractivity contribution in [3.05, 3.63) is 0 Å². The third-order valence-corrected chi connectivity index (χ3v) is 5.13. The van der Waals surface area contributed by atoms with Gasteiger partial charge in [0, 0.05) is 11.6 Å². The first-order valence-corrected chi connectivity index (χ1v) is 8.42. The normalized spacial score (nSPS) is 14.4. The van der Waals surface area contributed by atoms with E-state index in [0.29, 0.717) is 11.6 Å². The van der Waals surface area contributed by atoms with Crippen molar-refractivity contribution in [3.8, 4) is 0 Å². The molecule has 0 spiro atoms. The third kappa shape index (κ3) is 5.07. The Morgan fingerprint density at radius 2 is 1.47 bits per heavy atom. The molecule has 0 heterocycles. The van der Waals surface area contributed by atoms with Crippen LogP contribution < -0.4 is 5.32 Å². The molecule has 1 N–H and O–H groups in total. The second-order valence-electron chi connectivity index (χ2n) is 6.13. The molecule has 0 radical (unpaired) electrons. The predicted molar refractivity (Wildman–Crippen MR) is 87.8 cm³/mol. The number of nitrogens with one attached hydrogen (secondary N) is 1. The summed E-state index contributed by atoms with van der Waals surface area (Å²) >= 11 is 0. The lowest BCUT2D eigenvalue weighted by molar-refractivity contribution is 0.0749. The van der Waals surface area contributed by atoms with Gasteiger partial charge in [-0.25, -0.2) is 0 Å². The topological polar surface area (TPSA) is 15.3 Å². The minimum Gasteiger partial charge on any atom is -0.312 e. The van der Waals surface area contributed by atoms with Gasteiger partial charge in [0.05, 0.1) is 0 Å². The summed E-state index contributed by atoms with van der Waals surface area (Å²) in [4.78, 5) is 2.46. The Hall–Kier alpha value is -0.0800. The van der Waals surface area contributed by atoms with E-state index in [1.165, 1.54) is 38.5 Å². The summed E-state index contributed by atoms with van der Waals surface area (Å²) in [6.45, 7) is 12.8. The number of hydrogen-bond acceptors (Lipinski definition) is 2. The summed E-state index contributed by atoms with van der Waals surface area (Å²) in [6.07, 6.45) is 7.58. The Labute approximate surface area is 122 Å². The molecule has 0 bridgehead atoms. The lowest BCUT2D eigenvalue weighted by Crippen LogP contribution is -2.59. The summed E-state index contributed by atoms with van der Waals surface area (Å²) in [6, 6.07) is 0.613. The molecule has 0 saturated heterocycles. The molecule has 1 atom stereocenters. The summed E-state index contributed by atoms with van der Waals surface area (Å²) in [5.74, 6) is 0.854. The fourth-order valence-electron chi connectivity index (χ4n) is 3.45. The van der Waals surface area contributed by atoms with E-state index < -0.39 is 0 Å². The zero-order valence-electron chi connectivity index (χ0n) is 14.6. The van der Waals surface area contributed by atoms with Crippen molar-refractivity contribution in [1.82, 2.24) is 10.2 Å². The van der Waals surface area contributed by atoms with Crippen LogP contribution in [0.15, 0.2) is 0 Å². The van der Waals surface area contributed by atoms with Crippen LogP contribution in [0.3, 0.4) is 0 Å². The molecule has 0 aromatic heterocycles. The Bertz CT molecular complexity index is 205. The van der Waals surface area contributed by atoms with E-state index in [9.17, 15) is 0 Å². The zero-order valence-corrected chi connectivity index (χ0v) is 14.6. The first-order chi connectivity index (χ1) is 9.02. The Morgan fingerprint density at radius 3 is 1.79 bits per heavy atom. The highest BCUT2D eigenvalue weighted by Crippen LogP contribution is 2.31. The van der Waals surface area contributed by atoms with E-state index in [1.54, 1.807) is 0 Å². The van der Waals surface area contributed by atoms with Crippen LogP contribution in [0.4, 0.5) is 0 Å². The predicted octanol–water partition coefficient (Wildman–Crippen LogP) is 4.30. The van der Waals surface area contributed by atoms with Crippen LogP contribution in [-0.2, 0) is 0 Å². The quantitative estimate of drug-likeness (QED) is 0.602. The molecule has 0 aromatic rings. The molecule has 1 unspecified atom stereocenters. The molecule has 0 aromatic carbocycles. The van der Waals surface area contributed by atoms with Crippen molar-refractivity contribution in [2.75, 3.05) is 20.6 Å². The van der Waals surface area contributed by atoms with Gasteiger partial charge in [0.15, 0.2) is 0 Å². The highest BCUT2D eigenvalue weighted by atomic mass is 15.2. The number of likely N-dealkylation sites (N-methyl/N-ethyl adjacent to an activating group) is 1. The molecule has 0 rings (SSSR count). The van der Waals surface area contributed by atoms with Crippen molar-refractivity contribution in [1.29, 1.82) is 0 Å². The molecule has 0 saturated carbocycles. The average molecular weight is 271 g/mol. The maximum absolute atomic E-state index is 3.85. The van der Waals surface area contributed by atoms with Crippen LogP contribution in [0, 0.1) is 5.92 Å². The smallest absolute Gasteiger partial charge is 0.0351 e. The van der Waals surface area contributed by atoms with Gasteiger partial charge >= 0.3 is 0 Å². The van der Waals surface area contributed by atoms with E-state index in [0.717, 1.165) is 12.5 Å². The largest absolute Gasteiger partial charge is 0.312 e. The van der Waals surface area contributed by atoms with Crippen molar-refractivity contribution in [3.63, 3.8) is 0 Å². The molecule has 2 heteroatoms. The second-order valence-corrected chi connectivity index (χ2v) is 6.13. The Kier molecular flexibility index (Phi) is 9.72. The maximum atomic E-state index is 3.85. The summed E-state index contributed by atoms with van der Waals surface area (Å²) < 4.78 is 0. The van der Waals surface area contributed by atoms with Gasteiger partial charge in [0.1, 0.15) is 0 Å². The first-order valence-electron chi connectivity index (χ1n) is 8.42. The molecule has 19 heavy (non-hydrogen) atoms. The second kappa shape index (κ2) is 9.77. The summed E-state index contributed by atoms with van der Waals surface area (Å²) in [5, 5.41) is 3.85. The van der Waals surface area contributed by atoms with Gasteiger partial charge in [0.25, 0.3) is 0 Å². The highest BCUT2D eigenvalue weighted by Gasteiger charge is 2.37. The van der Waals surface area contributed by atoms with Crippen molar-refractivity contribution < 1.29 is 0 Å². The number of rotatable bonds is 11. The molecular weight excluding hydrogens is 232 g/mol. The van der Waals surface area contributed by atoms with Crippen LogP contribution in [0.2, 0.25) is 0 Å². The SMILES string of the molecule is CCCNC(CC(CC)CC)C(CC)(CC)N(C)C. The van der Waals surface area contributed by atoms with E-state index >= 15 is 0 Å². The molecule has 2 nitrogen and oxygen atoms in total. The maximum Gasteiger partial charge on any atom is 0.0351 e. The fourth-order valence-corrected chi connectivity index (χ4v) is 3.45. The highest BCUT2D eigenvalue weighted by molar-refractivity contribution is 4.97. The molecule has 0 amide bonds. The van der Waals surface area contributed by atoms with Crippen molar-refractivity contribution in [2.45, 2.75) is 84.7 Å². The number of nitrogens with zero attached hydrogens (tertiary/aromatic N) is 1. The molecule has 0 aliphatic carbocycles. The fraction of sp³-hybridized carbons (Fsp3) is 1.00. The van der Waals surface area contributed by atoms with Crippen LogP contribution in [-0.4, -0.2) is 37.1 Å². The van der Waals surface area contributed by atoms with Gasteiger partial charge in [-0.15, -0.1) is 0 Å². The third-order valence-electron chi connectivity index (χ3n) is 5.13. The molecule has 0 aliphatic heterocycles. The van der Waals surface area contributed by atoms with Gasteiger partial charge < -0.3 is 10.2 Å². The first kappa shape index (κ1) is 18.9. The van der Waals surface area contributed by atoms with Gasteiger partial charge in [-0.2, -0.15) is 0 Å². The van der Waals surface area contributed by atoms with Gasteiger partial charge in [-0.1, -0.05) is 47.5 Å². The van der Waals surface area contributed by atoms with Crippen LogP contribution in [0.1, 0.15) is 73.1 Å². The van der Waals surface area contributed by atoms with Crippen LogP contribution >= 0.6 is 0 Å². The summed E-state index contributed by atoms with van der Waals surface area (Å²) in [7, 11) is 4.50. The lowest BCUT2D eigenvalue weighted by atomic mass is 9.78. The van der Waals surface area contributed by atoms with Gasteiger partial charge in [0.2, 0.25) is 0 Å². The molecule has 0 fully saturated rings. The van der Waals surface area contributed by atoms with E-state index in [-0.39, 0.29) is 0 Å². The van der Waals surface area contributed by atoms with Crippen molar-refractivity contribution in [2.24, 2.45) is 5.92 Å². The summed E-state index contributed by atoms with van der Waals surface area (Å²) in [5.41, 5.74) is 0.303. The zero-order chi connectivity index (χ0) is 14.9. The lowest BCUT2D eigenvalue weighted by Gasteiger charge is -2.46. The van der Waals surface area contributed by atoms with Gasteiger partial charge in [-0.05, 0) is 52.2 Å². The number of hydrogen-bond donors (Lipinski definition) is 1. The minimum absolute atomic E-state index is 0.303. The standard InChI is InChI=1S/C17H38N2/c1-8-13-18-16(14-15(9-2)10-3)17(11-4,12-5)19(6)7/h15-16,18H,8-14H2,1-7H3. The Morgan fingerprint density at radius 1 is 0.947 bits per heavy atom. The van der Waals surface area contributed by atoms with Crippen LogP contribution in [0.25, 0.3) is 0 Å². The Balaban J connectivity index is 5.05. The average Bonchev–Trinajstić information content (AvgIpc) is 2.42. The molecular formula is C17H38N2. The monoisotopic (exact) mass is 270 g/mol.